The Hall–Kier alpha value is -4.17. The number of rotatable bonds is 5. The second kappa shape index (κ2) is 7.83. The highest BCUT2D eigenvalue weighted by atomic mass is 16.1. The Labute approximate surface area is 168 Å². The van der Waals surface area contributed by atoms with Crippen LogP contribution in [0.1, 0.15) is 32.6 Å². The van der Waals surface area contributed by atoms with Crippen molar-refractivity contribution in [2.24, 2.45) is 0 Å². The summed E-state index contributed by atoms with van der Waals surface area (Å²) >= 11 is 0. The molecule has 0 saturated heterocycles. The maximum atomic E-state index is 10.8. The number of hydrogen-bond donors (Lipinski definition) is 2. The maximum absolute atomic E-state index is 10.8. The summed E-state index contributed by atoms with van der Waals surface area (Å²) < 4.78 is 0. The molecule has 0 saturated carbocycles. The number of pyridine rings is 1. The molecule has 5 nitrogen and oxygen atoms in total. The molecular formula is C24H18N4O. The second-order valence-electron chi connectivity index (χ2n) is 6.68. The lowest BCUT2D eigenvalue weighted by Crippen LogP contribution is -1.99. The number of nitrogens with zero attached hydrogens (tertiary/aromatic N) is 2. The fourth-order valence-corrected chi connectivity index (χ4v) is 3.25. The first kappa shape index (κ1) is 18.2. The largest absolute Gasteiger partial charge is 0.361 e. The molecule has 4 rings (SSSR count). The minimum absolute atomic E-state index is 0.469. The molecule has 0 aliphatic carbocycles. The van der Waals surface area contributed by atoms with Gasteiger partial charge in [-0.1, -0.05) is 36.4 Å². The Morgan fingerprint density at radius 1 is 1.03 bits per heavy atom. The number of hydrogen-bond acceptors (Lipinski definition) is 4. The van der Waals surface area contributed by atoms with Gasteiger partial charge in [0.25, 0.3) is 0 Å². The monoisotopic (exact) mass is 378 g/mol. The lowest BCUT2D eigenvalue weighted by Gasteiger charge is -2.14. The van der Waals surface area contributed by atoms with E-state index in [1.807, 2.05) is 48.7 Å². The number of aromatic amines is 1. The van der Waals surface area contributed by atoms with Gasteiger partial charge >= 0.3 is 0 Å². The van der Waals surface area contributed by atoms with Crippen LogP contribution in [0, 0.1) is 18.3 Å². The number of nitriles is 1. The van der Waals surface area contributed by atoms with E-state index in [-0.39, 0.29) is 0 Å². The van der Waals surface area contributed by atoms with Gasteiger partial charge < -0.3 is 10.3 Å². The van der Waals surface area contributed by atoms with Crippen LogP contribution in [0.2, 0.25) is 0 Å². The fraction of sp³-hybridized carbons (Fsp3) is 0.0417. The third-order valence-electron chi connectivity index (χ3n) is 4.89. The van der Waals surface area contributed by atoms with E-state index < -0.39 is 0 Å². The molecule has 0 radical (unpaired) electrons. The maximum Gasteiger partial charge on any atom is 0.150 e. The van der Waals surface area contributed by atoms with E-state index in [0.717, 1.165) is 39.6 Å². The molecule has 0 aliphatic rings. The zero-order chi connectivity index (χ0) is 20.2. The number of H-pyrrole nitrogens is 1. The SMILES string of the molecule is Cc1c(Nc2c(C#N)cncc2C=Cc2ccc(C=O)cc2)ccc2[nH]ccc12. The number of fused-ring (bicyclic) bond motifs is 1. The zero-order valence-electron chi connectivity index (χ0n) is 15.8. The molecule has 140 valence electrons. The first-order valence-electron chi connectivity index (χ1n) is 9.15. The first-order valence-corrected chi connectivity index (χ1v) is 9.15. The Bertz CT molecular complexity index is 1260. The van der Waals surface area contributed by atoms with Gasteiger partial charge in [0.1, 0.15) is 12.4 Å². The lowest BCUT2D eigenvalue weighted by atomic mass is 10.1. The molecule has 2 N–H and O–H groups in total. The van der Waals surface area contributed by atoms with E-state index in [1.165, 1.54) is 0 Å². The molecule has 5 heteroatoms. The van der Waals surface area contributed by atoms with Crippen LogP contribution in [-0.4, -0.2) is 16.3 Å². The molecular weight excluding hydrogens is 360 g/mol. The molecule has 0 bridgehead atoms. The van der Waals surface area contributed by atoms with Crippen LogP contribution in [0.15, 0.2) is 61.1 Å². The molecule has 0 atom stereocenters. The molecule has 0 aliphatic heterocycles. The van der Waals surface area contributed by atoms with Gasteiger partial charge in [-0.3, -0.25) is 9.78 Å². The van der Waals surface area contributed by atoms with Crippen LogP contribution < -0.4 is 5.32 Å². The van der Waals surface area contributed by atoms with Gasteiger partial charge in [-0.25, -0.2) is 0 Å². The highest BCUT2D eigenvalue weighted by molar-refractivity contribution is 5.90. The van der Waals surface area contributed by atoms with Crippen molar-refractivity contribution in [2.75, 3.05) is 5.32 Å². The molecule has 2 aromatic heterocycles. The van der Waals surface area contributed by atoms with Crippen molar-refractivity contribution >= 4 is 40.7 Å². The minimum atomic E-state index is 0.469. The van der Waals surface area contributed by atoms with E-state index in [9.17, 15) is 10.1 Å². The van der Waals surface area contributed by atoms with Gasteiger partial charge in [0.2, 0.25) is 0 Å². The van der Waals surface area contributed by atoms with Crippen molar-refractivity contribution in [1.29, 1.82) is 5.26 Å². The van der Waals surface area contributed by atoms with E-state index in [4.69, 9.17) is 0 Å². The number of carbonyl (C=O) groups excluding carboxylic acids is 1. The van der Waals surface area contributed by atoms with Crippen LogP contribution in [0.25, 0.3) is 23.1 Å². The van der Waals surface area contributed by atoms with E-state index in [2.05, 4.69) is 28.3 Å². The normalized spacial score (nSPS) is 10.9. The fourth-order valence-electron chi connectivity index (χ4n) is 3.25. The van der Waals surface area contributed by atoms with Crippen molar-refractivity contribution in [3.8, 4) is 6.07 Å². The van der Waals surface area contributed by atoms with Crippen molar-refractivity contribution < 1.29 is 4.79 Å². The van der Waals surface area contributed by atoms with Gasteiger partial charge in [0.15, 0.2) is 0 Å². The van der Waals surface area contributed by atoms with Gasteiger partial charge in [-0.05, 0) is 36.2 Å². The number of nitrogens with one attached hydrogen (secondary N) is 2. The smallest absolute Gasteiger partial charge is 0.150 e. The molecule has 0 fully saturated rings. The van der Waals surface area contributed by atoms with E-state index in [0.29, 0.717) is 16.8 Å². The predicted octanol–water partition coefficient (Wildman–Crippen LogP) is 5.47. The number of aromatic nitrogens is 2. The topological polar surface area (TPSA) is 81.6 Å². The molecule has 29 heavy (non-hydrogen) atoms. The summed E-state index contributed by atoms with van der Waals surface area (Å²) in [6.07, 6.45) is 9.86. The molecule has 0 spiro atoms. The van der Waals surface area contributed by atoms with E-state index >= 15 is 0 Å². The van der Waals surface area contributed by atoms with Crippen molar-refractivity contribution in [3.05, 3.63) is 88.9 Å². The van der Waals surface area contributed by atoms with E-state index in [1.54, 1.807) is 24.5 Å². The first-order chi connectivity index (χ1) is 14.2. The van der Waals surface area contributed by atoms with Gasteiger partial charge in [-0.2, -0.15) is 5.26 Å². The number of carbonyl (C=O) groups is 1. The summed E-state index contributed by atoms with van der Waals surface area (Å²) in [4.78, 5) is 18.2. The highest BCUT2D eigenvalue weighted by Gasteiger charge is 2.11. The van der Waals surface area contributed by atoms with Crippen molar-refractivity contribution in [2.45, 2.75) is 6.92 Å². The summed E-state index contributed by atoms with van der Waals surface area (Å²) in [7, 11) is 0. The number of aryl methyl sites for hydroxylation is 1. The second-order valence-corrected chi connectivity index (χ2v) is 6.68. The van der Waals surface area contributed by atoms with Crippen LogP contribution in [0.3, 0.4) is 0 Å². The third-order valence-corrected chi connectivity index (χ3v) is 4.89. The number of aldehydes is 1. The van der Waals surface area contributed by atoms with Crippen LogP contribution in [-0.2, 0) is 0 Å². The minimum Gasteiger partial charge on any atom is -0.361 e. The molecule has 4 aromatic rings. The average Bonchev–Trinajstić information content (AvgIpc) is 3.25. The Balaban J connectivity index is 1.72. The summed E-state index contributed by atoms with van der Waals surface area (Å²) in [5.74, 6) is 0. The Kier molecular flexibility index (Phi) is 4.91. The van der Waals surface area contributed by atoms with Crippen LogP contribution >= 0.6 is 0 Å². The highest BCUT2D eigenvalue weighted by Crippen LogP contribution is 2.31. The predicted molar refractivity (Wildman–Crippen MR) is 116 cm³/mol. The molecule has 2 heterocycles. The summed E-state index contributed by atoms with van der Waals surface area (Å²) in [6.45, 7) is 2.05. The number of anilines is 2. The zero-order valence-corrected chi connectivity index (χ0v) is 15.8. The van der Waals surface area contributed by atoms with Crippen molar-refractivity contribution in [1.82, 2.24) is 9.97 Å². The molecule has 0 unspecified atom stereocenters. The van der Waals surface area contributed by atoms with Crippen LogP contribution in [0.4, 0.5) is 11.4 Å². The third kappa shape index (κ3) is 3.64. The Morgan fingerprint density at radius 2 is 1.83 bits per heavy atom. The number of benzene rings is 2. The van der Waals surface area contributed by atoms with Crippen molar-refractivity contribution in [3.63, 3.8) is 0 Å². The van der Waals surface area contributed by atoms with Gasteiger partial charge in [0, 0.05) is 46.3 Å². The quantitative estimate of drug-likeness (QED) is 0.451. The summed E-state index contributed by atoms with van der Waals surface area (Å²) in [5, 5.41) is 14.1. The standard InChI is InChI=1S/C24H18N4O/c1-16-21-10-11-27-23(21)9-8-22(16)28-24-19(13-26-14-20(24)12-25)7-6-17-2-4-18(15-29)5-3-17/h2-11,13-15,27H,1H3,(H,26,28). The van der Waals surface area contributed by atoms with Gasteiger partial charge in [-0.15, -0.1) is 0 Å². The average molecular weight is 378 g/mol. The van der Waals surface area contributed by atoms with Crippen LogP contribution in [0.5, 0.6) is 0 Å². The lowest BCUT2D eigenvalue weighted by molar-refractivity contribution is 0.112. The van der Waals surface area contributed by atoms with Gasteiger partial charge in [0.05, 0.1) is 11.3 Å². The summed E-state index contributed by atoms with van der Waals surface area (Å²) in [5.41, 5.74) is 6.67. The molecule has 0 amide bonds. The summed E-state index contributed by atoms with van der Waals surface area (Å²) in [6, 6.07) is 15.6. The molecule has 2 aromatic carbocycles. The Morgan fingerprint density at radius 3 is 2.59 bits per heavy atom.